The van der Waals surface area contributed by atoms with Crippen molar-refractivity contribution >= 4 is 63.6 Å². The summed E-state index contributed by atoms with van der Waals surface area (Å²) in [4.78, 5) is 49.3. The van der Waals surface area contributed by atoms with Crippen LogP contribution in [0.3, 0.4) is 0 Å². The van der Waals surface area contributed by atoms with E-state index < -0.39 is 43.1 Å². The highest BCUT2D eigenvalue weighted by Gasteiger charge is 2.44. The van der Waals surface area contributed by atoms with E-state index in [0.717, 1.165) is 17.5 Å². The summed E-state index contributed by atoms with van der Waals surface area (Å²) < 4.78 is 9.53. The van der Waals surface area contributed by atoms with Crippen molar-refractivity contribution in [1.82, 2.24) is 10.6 Å². The number of esters is 2. The number of thiol groups is 1. The molecule has 0 saturated heterocycles. The van der Waals surface area contributed by atoms with Crippen LogP contribution in [0.5, 0.6) is 0 Å². The van der Waals surface area contributed by atoms with Crippen molar-refractivity contribution in [3.8, 4) is 0 Å². The zero-order valence-electron chi connectivity index (χ0n) is 25.4. The second-order valence-electron chi connectivity index (χ2n) is 9.86. The van der Waals surface area contributed by atoms with Gasteiger partial charge in [-0.05, 0) is 55.1 Å². The fourth-order valence-electron chi connectivity index (χ4n) is 4.68. The Morgan fingerprint density at radius 3 is 1.87 bits per heavy atom. The van der Waals surface area contributed by atoms with E-state index in [0.29, 0.717) is 0 Å². The Labute approximate surface area is 279 Å². The number of amides is 2. The monoisotopic (exact) mass is 717 g/mol. The number of nitrogens with one attached hydrogen (secondary N) is 2. The van der Waals surface area contributed by atoms with Crippen molar-refractivity contribution in [2.75, 3.05) is 32.2 Å². The van der Waals surface area contributed by atoms with Gasteiger partial charge in [0.05, 0.1) is 19.9 Å². The summed E-state index contributed by atoms with van der Waals surface area (Å²) in [5, 5.41) is 11.2. The lowest BCUT2D eigenvalue weighted by atomic mass is 10.1. The quantitative estimate of drug-likeness (QED) is 0.0626. The van der Waals surface area contributed by atoms with Gasteiger partial charge in [0.25, 0.3) is 0 Å². The third-order valence-electron chi connectivity index (χ3n) is 6.91. The number of halogens is 1. The second kappa shape index (κ2) is 19.9. The molecular formula is C33H41BrN3O6PS. The van der Waals surface area contributed by atoms with Crippen LogP contribution in [0.25, 0.3) is 0 Å². The number of methoxy groups -OCH3 is 1. The van der Waals surface area contributed by atoms with Crippen LogP contribution in [0.4, 0.5) is 0 Å². The van der Waals surface area contributed by atoms with Gasteiger partial charge in [0.15, 0.2) is 0 Å². The number of hydrogen-bond acceptors (Lipinski definition) is 7. The van der Waals surface area contributed by atoms with E-state index in [2.05, 4.69) is 93.5 Å². The summed E-state index contributed by atoms with van der Waals surface area (Å²) in [6.45, 7) is 1.56. The minimum Gasteiger partial charge on any atom is -1.00 e. The molecule has 4 N–H and O–H groups in total. The van der Waals surface area contributed by atoms with E-state index in [9.17, 15) is 19.2 Å². The molecule has 2 amide bonds. The fraction of sp³-hybridized carbons (Fsp3) is 0.303. The van der Waals surface area contributed by atoms with Crippen molar-refractivity contribution in [2.45, 2.75) is 31.8 Å². The number of nitrogens with two attached hydrogens (primary N) is 1. The van der Waals surface area contributed by atoms with Gasteiger partial charge in [-0.1, -0.05) is 54.6 Å². The summed E-state index contributed by atoms with van der Waals surface area (Å²) in [6, 6.07) is 29.5. The first kappa shape index (κ1) is 37.8. The molecule has 0 heterocycles. The summed E-state index contributed by atoms with van der Waals surface area (Å²) in [7, 11) is -0.873. The van der Waals surface area contributed by atoms with Gasteiger partial charge >= 0.3 is 11.9 Å². The van der Waals surface area contributed by atoms with Crippen molar-refractivity contribution < 1.29 is 45.6 Å². The Morgan fingerprint density at radius 1 is 0.889 bits per heavy atom. The molecule has 0 unspecified atom stereocenters. The molecule has 3 aromatic carbocycles. The Morgan fingerprint density at radius 2 is 1.40 bits per heavy atom. The SMILES string of the molecule is CCOC(=O)CNC(=O)[C@H](C[SH]=CC[P+](c1ccccc1)(c1ccccc1)c1ccccc1)NC(=O)CC[C@H](N)C(=O)OC.[Br-]. The molecule has 2 atom stereocenters. The lowest BCUT2D eigenvalue weighted by molar-refractivity contribution is -0.143. The summed E-state index contributed by atoms with van der Waals surface area (Å²) in [5.74, 6) is -1.84. The molecule has 0 radical (unpaired) electrons. The fourth-order valence-corrected chi connectivity index (χ4v) is 10.3. The molecule has 0 fully saturated rings. The maximum Gasteiger partial charge on any atom is 0.325 e. The first-order valence-corrected chi connectivity index (χ1v) is 17.5. The maximum absolute atomic E-state index is 13.1. The second-order valence-corrected chi connectivity index (χ2v) is 14.5. The van der Waals surface area contributed by atoms with Gasteiger partial charge in [0, 0.05) is 12.2 Å². The molecule has 45 heavy (non-hydrogen) atoms. The normalized spacial score (nSPS) is 12.5. The van der Waals surface area contributed by atoms with E-state index >= 15 is 0 Å². The van der Waals surface area contributed by atoms with Crippen molar-refractivity contribution in [3.05, 3.63) is 91.0 Å². The first-order valence-electron chi connectivity index (χ1n) is 14.4. The number of carbonyl (C=O) groups is 4. The Kier molecular flexibility index (Phi) is 16.7. The lowest BCUT2D eigenvalue weighted by Crippen LogP contribution is -3.00. The molecule has 3 rings (SSSR count). The van der Waals surface area contributed by atoms with Gasteiger partial charge in [-0.25, -0.2) is 0 Å². The molecule has 0 bridgehead atoms. The molecule has 0 spiro atoms. The van der Waals surface area contributed by atoms with Crippen LogP contribution in [-0.2, 0) is 28.7 Å². The zero-order chi connectivity index (χ0) is 31.8. The highest BCUT2D eigenvalue weighted by molar-refractivity contribution is 8.01. The van der Waals surface area contributed by atoms with Crippen LogP contribution in [0.2, 0.25) is 0 Å². The van der Waals surface area contributed by atoms with Crippen molar-refractivity contribution in [3.63, 3.8) is 0 Å². The minimum atomic E-state index is -2.10. The number of benzene rings is 3. The Bertz CT molecular complexity index is 1300. The van der Waals surface area contributed by atoms with Gasteiger partial charge in [-0.15, -0.1) is 0 Å². The number of carbonyl (C=O) groups excluding carboxylic acids is 4. The third-order valence-corrected chi connectivity index (χ3v) is 12.5. The van der Waals surface area contributed by atoms with Crippen molar-refractivity contribution in [1.29, 1.82) is 0 Å². The van der Waals surface area contributed by atoms with Crippen LogP contribution in [-0.4, -0.2) is 73.4 Å². The van der Waals surface area contributed by atoms with Crippen LogP contribution < -0.4 is 49.3 Å². The standard InChI is InChI=1S/C33H40N3O6PS.BrH/c1-3-42-31(38)23-35-32(39)29(36-30(37)20-19-28(34)33(40)41-2)24-44-22-21-43(25-13-7-4-8-14-25,26-15-9-5-10-16-26)27-17-11-6-12-18-27;/h4-18,22,28-29,44H,3,19-21,23-24,34H2,1-2H3,(H-,35,36,37,39);1H/t28-,29-;/m0./s1. The smallest absolute Gasteiger partial charge is 0.325 e. The molecular weight excluding hydrogens is 677 g/mol. The molecule has 12 heteroatoms. The van der Waals surface area contributed by atoms with Crippen LogP contribution in [0.15, 0.2) is 91.0 Å². The largest absolute Gasteiger partial charge is 1.00 e. The predicted molar refractivity (Wildman–Crippen MR) is 181 cm³/mol. The molecule has 0 aliphatic carbocycles. The molecule has 0 saturated carbocycles. The summed E-state index contributed by atoms with van der Waals surface area (Å²) >= 11 is 0.825. The van der Waals surface area contributed by atoms with Gasteiger partial charge in [0.1, 0.15) is 41.8 Å². The van der Waals surface area contributed by atoms with E-state index in [1.807, 2.05) is 18.2 Å². The average Bonchev–Trinajstić information content (AvgIpc) is 3.06. The first-order chi connectivity index (χ1) is 21.3. The van der Waals surface area contributed by atoms with Crippen LogP contribution >= 0.6 is 18.6 Å². The van der Waals surface area contributed by atoms with Gasteiger partial charge in [-0.3, -0.25) is 19.2 Å². The molecule has 0 aliphatic heterocycles. The number of ether oxygens (including phenoxy) is 2. The summed E-state index contributed by atoms with van der Waals surface area (Å²) in [5.41, 5.74) is 5.77. The molecule has 242 valence electrons. The van der Waals surface area contributed by atoms with E-state index in [1.54, 1.807) is 6.92 Å². The molecule has 0 aromatic heterocycles. The summed E-state index contributed by atoms with van der Waals surface area (Å²) in [6.07, 6.45) is 0.729. The van der Waals surface area contributed by atoms with Gasteiger partial charge in [-0.2, -0.15) is 11.4 Å². The zero-order valence-corrected chi connectivity index (χ0v) is 28.8. The molecule has 0 aliphatic rings. The van der Waals surface area contributed by atoms with Gasteiger partial charge < -0.3 is 42.8 Å². The molecule has 3 aromatic rings. The van der Waals surface area contributed by atoms with E-state index in [1.165, 1.54) is 23.0 Å². The van der Waals surface area contributed by atoms with Crippen molar-refractivity contribution in [2.24, 2.45) is 5.73 Å². The Balaban J connectivity index is 0.00000705. The maximum atomic E-state index is 13.1. The minimum absolute atomic E-state index is 0. The lowest BCUT2D eigenvalue weighted by Gasteiger charge is -2.26. The third kappa shape index (κ3) is 11.2. The van der Waals surface area contributed by atoms with Crippen LogP contribution in [0, 0.1) is 0 Å². The molecule has 9 nitrogen and oxygen atoms in total. The average molecular weight is 719 g/mol. The number of rotatable bonds is 16. The van der Waals surface area contributed by atoms with Crippen LogP contribution in [0.1, 0.15) is 19.8 Å². The highest BCUT2D eigenvalue weighted by Crippen LogP contribution is 2.54. The topological polar surface area (TPSA) is 137 Å². The van der Waals surface area contributed by atoms with E-state index in [-0.39, 0.29) is 48.7 Å². The predicted octanol–water partition coefficient (Wildman–Crippen LogP) is -1.30. The highest BCUT2D eigenvalue weighted by atomic mass is 79.9. The Hall–Kier alpha value is -3.37. The number of hydrogen-bond donors (Lipinski definition) is 4. The van der Waals surface area contributed by atoms with Gasteiger partial charge in [0.2, 0.25) is 11.8 Å². The van der Waals surface area contributed by atoms with E-state index in [4.69, 9.17) is 10.5 Å².